The minimum atomic E-state index is -0.269. The summed E-state index contributed by atoms with van der Waals surface area (Å²) in [7, 11) is 0. The van der Waals surface area contributed by atoms with Gasteiger partial charge in [-0.05, 0) is 81.0 Å². The molecule has 0 spiro atoms. The van der Waals surface area contributed by atoms with Gasteiger partial charge in [-0.1, -0.05) is 18.2 Å². The van der Waals surface area contributed by atoms with Crippen LogP contribution in [0.4, 0.5) is 4.39 Å². The predicted molar refractivity (Wildman–Crippen MR) is 118 cm³/mol. The van der Waals surface area contributed by atoms with Crippen molar-refractivity contribution in [2.75, 3.05) is 0 Å². The van der Waals surface area contributed by atoms with Crippen LogP contribution in [0.1, 0.15) is 80.4 Å². The number of benzene rings is 1. The molecular formula is C25H26FN5O. The molecule has 5 aliphatic rings. The van der Waals surface area contributed by atoms with Gasteiger partial charge >= 0.3 is 0 Å². The molecule has 1 N–H and O–H groups in total. The van der Waals surface area contributed by atoms with Crippen LogP contribution in [0.15, 0.2) is 47.6 Å². The van der Waals surface area contributed by atoms with Crippen LogP contribution in [0.3, 0.4) is 0 Å². The van der Waals surface area contributed by atoms with E-state index in [1.165, 1.54) is 30.5 Å². The largest absolute Gasteiger partial charge is 0.390 e. The van der Waals surface area contributed by atoms with E-state index in [0.29, 0.717) is 5.92 Å². The summed E-state index contributed by atoms with van der Waals surface area (Å²) in [5.41, 5.74) is 6.45. The zero-order valence-electron chi connectivity index (χ0n) is 17.9. The molecule has 6 nitrogen and oxygen atoms in total. The molecule has 0 radical (unpaired) electrons. The van der Waals surface area contributed by atoms with Gasteiger partial charge in [0.2, 0.25) is 5.90 Å². The Labute approximate surface area is 185 Å². The molecule has 1 aromatic carbocycles. The van der Waals surface area contributed by atoms with E-state index in [0.717, 1.165) is 61.5 Å². The lowest BCUT2D eigenvalue weighted by molar-refractivity contribution is 0.0558. The first kappa shape index (κ1) is 18.7. The van der Waals surface area contributed by atoms with Crippen molar-refractivity contribution in [1.29, 1.82) is 0 Å². The summed E-state index contributed by atoms with van der Waals surface area (Å²) < 4.78 is 15.5. The van der Waals surface area contributed by atoms with Gasteiger partial charge in [-0.25, -0.2) is 9.38 Å². The van der Waals surface area contributed by atoms with Crippen molar-refractivity contribution in [2.24, 2.45) is 10.4 Å². The van der Waals surface area contributed by atoms with E-state index >= 15 is 0 Å². The number of aliphatic imine (C=N–C) groups is 1. The third-order valence-electron chi connectivity index (χ3n) is 8.36. The van der Waals surface area contributed by atoms with E-state index in [1.807, 2.05) is 0 Å². The van der Waals surface area contributed by atoms with Crippen molar-refractivity contribution < 1.29 is 9.23 Å². The Morgan fingerprint density at radius 3 is 2.38 bits per heavy atom. The van der Waals surface area contributed by atoms with Gasteiger partial charge in [0.05, 0.1) is 0 Å². The van der Waals surface area contributed by atoms with Crippen molar-refractivity contribution >= 4 is 11.5 Å². The van der Waals surface area contributed by atoms with E-state index in [-0.39, 0.29) is 22.8 Å². The highest BCUT2D eigenvalue weighted by Gasteiger charge is 2.55. The molecule has 1 aliphatic heterocycles. The molecule has 1 unspecified atom stereocenters. The molecule has 3 aromatic rings. The molecule has 0 saturated heterocycles. The van der Waals surface area contributed by atoms with Crippen molar-refractivity contribution in [3.63, 3.8) is 0 Å². The monoisotopic (exact) mass is 431 g/mol. The topological polar surface area (TPSA) is 63.8 Å². The van der Waals surface area contributed by atoms with Gasteiger partial charge in [-0.3, -0.25) is 4.40 Å². The number of fused-ring (bicyclic) bond motifs is 4. The second-order valence-corrected chi connectivity index (χ2v) is 10.1. The Bertz CT molecular complexity index is 1200. The zero-order valence-corrected chi connectivity index (χ0v) is 17.9. The lowest BCUT2D eigenvalue weighted by Crippen LogP contribution is -2.49. The van der Waals surface area contributed by atoms with Crippen LogP contribution in [0.2, 0.25) is 0 Å². The van der Waals surface area contributed by atoms with Crippen LogP contribution >= 0.6 is 0 Å². The average molecular weight is 432 g/mol. The van der Waals surface area contributed by atoms with E-state index in [4.69, 9.17) is 14.9 Å². The van der Waals surface area contributed by atoms with E-state index in [2.05, 4.69) is 33.3 Å². The van der Waals surface area contributed by atoms with Crippen LogP contribution in [-0.4, -0.2) is 20.5 Å². The fourth-order valence-corrected chi connectivity index (χ4v) is 6.17. The minimum absolute atomic E-state index is 0.0107. The molecule has 4 aliphatic carbocycles. The number of nitrogens with one attached hydrogen (secondary N) is 1. The molecule has 1 atom stereocenters. The average Bonchev–Trinajstić information content (AvgIpc) is 3.38. The van der Waals surface area contributed by atoms with Crippen molar-refractivity contribution in [3.8, 4) is 0 Å². The Balaban J connectivity index is 1.16. The van der Waals surface area contributed by atoms with E-state index < -0.39 is 0 Å². The van der Waals surface area contributed by atoms with Crippen molar-refractivity contribution in [2.45, 2.75) is 68.9 Å². The molecule has 4 fully saturated rings. The normalized spacial score (nSPS) is 31.7. The van der Waals surface area contributed by atoms with Gasteiger partial charge in [0.15, 0.2) is 11.8 Å². The molecule has 8 rings (SSSR count). The second-order valence-electron chi connectivity index (χ2n) is 10.1. The Morgan fingerprint density at radius 2 is 1.66 bits per heavy atom. The maximum atomic E-state index is 13.3. The maximum absolute atomic E-state index is 13.3. The standard InChI is InChI=1S/C25H26FN5O/c26-18-7-5-17(6-8-18)20-27-23(32-30-20)25-12-9-24(10-13-25,11-14-25)22-29-28-21-19(16-3-4-16)2-1-15-31(21)22/h1-2,5-8,15-16,20,30H,3-4,9-14H2. The number of hydrogen-bond donors (Lipinski definition) is 1. The van der Waals surface area contributed by atoms with Crippen molar-refractivity contribution in [1.82, 2.24) is 20.1 Å². The Kier molecular flexibility index (Phi) is 3.87. The molecule has 32 heavy (non-hydrogen) atoms. The second kappa shape index (κ2) is 6.61. The molecular weight excluding hydrogens is 405 g/mol. The van der Waals surface area contributed by atoms with Crippen LogP contribution in [-0.2, 0) is 10.3 Å². The van der Waals surface area contributed by atoms with Crippen LogP contribution < -0.4 is 5.48 Å². The first-order chi connectivity index (χ1) is 15.7. The van der Waals surface area contributed by atoms with Crippen LogP contribution in [0.5, 0.6) is 0 Å². The van der Waals surface area contributed by atoms with Gasteiger partial charge in [0.1, 0.15) is 11.6 Å². The van der Waals surface area contributed by atoms with Crippen molar-refractivity contribution in [3.05, 3.63) is 65.4 Å². The number of hydroxylamine groups is 1. The lowest BCUT2D eigenvalue weighted by atomic mass is 9.53. The molecule has 2 bridgehead atoms. The minimum Gasteiger partial charge on any atom is -0.390 e. The zero-order chi connectivity index (χ0) is 21.3. The SMILES string of the molecule is Fc1ccc(C2N=C(C34CCC(c5nnc6c(C7CC7)cccn56)(CC3)CC4)ON2)cc1. The smallest absolute Gasteiger partial charge is 0.217 e. The number of hydrogen-bond acceptors (Lipinski definition) is 5. The molecule has 3 heterocycles. The fourth-order valence-electron chi connectivity index (χ4n) is 6.17. The summed E-state index contributed by atoms with van der Waals surface area (Å²) in [6.45, 7) is 0. The third kappa shape index (κ3) is 2.70. The van der Waals surface area contributed by atoms with Gasteiger partial charge in [-0.2, -0.15) is 0 Å². The van der Waals surface area contributed by atoms with Crippen LogP contribution in [0.25, 0.3) is 5.65 Å². The summed E-state index contributed by atoms with van der Waals surface area (Å²) in [5, 5.41) is 9.38. The lowest BCUT2D eigenvalue weighted by Gasteiger charge is -2.51. The quantitative estimate of drug-likeness (QED) is 0.634. The predicted octanol–water partition coefficient (Wildman–Crippen LogP) is 4.97. The Morgan fingerprint density at radius 1 is 0.938 bits per heavy atom. The highest BCUT2D eigenvalue weighted by molar-refractivity contribution is 5.84. The van der Waals surface area contributed by atoms with Gasteiger partial charge in [0, 0.05) is 22.6 Å². The Hall–Kier alpha value is -2.80. The van der Waals surface area contributed by atoms with Gasteiger partial charge < -0.3 is 4.84 Å². The summed E-state index contributed by atoms with van der Waals surface area (Å²) in [5.74, 6) is 2.39. The fraction of sp³-hybridized carbons (Fsp3) is 0.480. The summed E-state index contributed by atoms with van der Waals surface area (Å²) in [6, 6.07) is 10.8. The molecule has 7 heteroatoms. The first-order valence-corrected chi connectivity index (χ1v) is 11.8. The highest BCUT2D eigenvalue weighted by Crippen LogP contribution is 2.58. The molecule has 4 saturated carbocycles. The third-order valence-corrected chi connectivity index (χ3v) is 8.36. The summed E-state index contributed by atoms with van der Waals surface area (Å²) in [4.78, 5) is 10.8. The molecule has 0 amide bonds. The van der Waals surface area contributed by atoms with E-state index in [9.17, 15) is 4.39 Å². The summed E-state index contributed by atoms with van der Waals surface area (Å²) in [6.07, 6.45) is 10.8. The molecule has 2 aromatic heterocycles. The van der Waals surface area contributed by atoms with Crippen LogP contribution in [0, 0.1) is 11.2 Å². The van der Waals surface area contributed by atoms with E-state index in [1.54, 1.807) is 12.1 Å². The number of nitrogens with zero attached hydrogens (tertiary/aromatic N) is 4. The number of halogens is 1. The number of pyridine rings is 1. The van der Waals surface area contributed by atoms with Gasteiger partial charge in [0.25, 0.3) is 0 Å². The number of aromatic nitrogens is 3. The number of rotatable bonds is 4. The maximum Gasteiger partial charge on any atom is 0.217 e. The molecule has 164 valence electrons. The highest BCUT2D eigenvalue weighted by atomic mass is 19.1. The first-order valence-electron chi connectivity index (χ1n) is 11.8. The van der Waals surface area contributed by atoms with Gasteiger partial charge in [-0.15, -0.1) is 15.7 Å². The summed E-state index contributed by atoms with van der Waals surface area (Å²) >= 11 is 0.